The van der Waals surface area contributed by atoms with E-state index in [4.69, 9.17) is 0 Å². The minimum absolute atomic E-state index is 0.0517. The molecular weight excluding hydrogens is 393 g/mol. The largest absolute Gasteiger partial charge is 0.391 e. The molecule has 1 aliphatic heterocycles. The van der Waals surface area contributed by atoms with Crippen LogP contribution in [0.1, 0.15) is 32.3 Å². The van der Waals surface area contributed by atoms with Gasteiger partial charge in [-0.25, -0.2) is 13.2 Å². The zero-order chi connectivity index (χ0) is 21.2. The number of benzene rings is 1. The summed E-state index contributed by atoms with van der Waals surface area (Å²) in [6, 6.07) is 7.52. The second-order valence-corrected chi connectivity index (χ2v) is 9.35. The van der Waals surface area contributed by atoms with Crippen LogP contribution in [0.25, 0.3) is 0 Å². The van der Waals surface area contributed by atoms with Gasteiger partial charge in [0, 0.05) is 24.3 Å². The number of hydrogen-bond donors (Lipinski definition) is 1. The number of amides is 2. The Morgan fingerprint density at radius 3 is 2.46 bits per heavy atom. The summed E-state index contributed by atoms with van der Waals surface area (Å²) < 4.78 is 62.5. The number of hydrogen-bond acceptors (Lipinski definition) is 3. The molecule has 3 atom stereocenters. The van der Waals surface area contributed by atoms with Crippen LogP contribution >= 0.6 is 0 Å². The quantitative estimate of drug-likeness (QED) is 0.808. The molecule has 0 saturated carbocycles. The normalized spacial score (nSPS) is 24.9. The number of carbonyl (C=O) groups is 1. The van der Waals surface area contributed by atoms with Crippen molar-refractivity contribution in [2.75, 3.05) is 12.8 Å². The maximum atomic E-state index is 13.4. The molecule has 28 heavy (non-hydrogen) atoms. The zero-order valence-electron chi connectivity index (χ0n) is 16.0. The summed E-state index contributed by atoms with van der Waals surface area (Å²) in [6.07, 6.45) is -2.37. The van der Waals surface area contributed by atoms with Crippen LogP contribution in [0.2, 0.25) is 0 Å². The van der Waals surface area contributed by atoms with Crippen LogP contribution in [0.3, 0.4) is 0 Å². The van der Waals surface area contributed by atoms with Crippen molar-refractivity contribution in [3.05, 3.63) is 47.4 Å². The van der Waals surface area contributed by atoms with Gasteiger partial charge < -0.3 is 10.2 Å². The van der Waals surface area contributed by atoms with Gasteiger partial charge in [-0.15, -0.1) is 0 Å². The van der Waals surface area contributed by atoms with Crippen molar-refractivity contribution < 1.29 is 26.4 Å². The highest BCUT2D eigenvalue weighted by molar-refractivity contribution is 7.93. The van der Waals surface area contributed by atoms with E-state index in [1.807, 2.05) is 0 Å². The maximum Gasteiger partial charge on any atom is 0.391 e. The van der Waals surface area contributed by atoms with E-state index in [1.165, 1.54) is 11.0 Å². The van der Waals surface area contributed by atoms with Crippen molar-refractivity contribution in [3.8, 4) is 0 Å². The topological polar surface area (TPSA) is 66.5 Å². The maximum absolute atomic E-state index is 13.4. The highest BCUT2D eigenvalue weighted by Gasteiger charge is 2.50. The van der Waals surface area contributed by atoms with Gasteiger partial charge in [-0.05, 0) is 32.3 Å². The molecule has 156 valence electrons. The predicted molar refractivity (Wildman–Crippen MR) is 101 cm³/mol. The van der Waals surface area contributed by atoms with Gasteiger partial charge in [0.1, 0.15) is 0 Å². The Balaban J connectivity index is 2.28. The summed E-state index contributed by atoms with van der Waals surface area (Å²) >= 11 is 0. The first-order chi connectivity index (χ1) is 12.8. The number of sulfone groups is 1. The number of alkyl halides is 3. The summed E-state index contributed by atoms with van der Waals surface area (Å²) in [4.78, 5) is 14.2. The van der Waals surface area contributed by atoms with Crippen LogP contribution in [0, 0.1) is 5.92 Å². The highest BCUT2D eigenvalue weighted by Crippen LogP contribution is 2.45. The molecule has 2 amide bonds. The van der Waals surface area contributed by atoms with Crippen molar-refractivity contribution in [3.63, 3.8) is 0 Å². The van der Waals surface area contributed by atoms with E-state index >= 15 is 0 Å². The van der Waals surface area contributed by atoms with Gasteiger partial charge in [-0.1, -0.05) is 36.4 Å². The second kappa shape index (κ2) is 8.14. The summed E-state index contributed by atoms with van der Waals surface area (Å²) in [6.45, 7) is 3.18. The van der Waals surface area contributed by atoms with Crippen LogP contribution in [-0.2, 0) is 15.4 Å². The van der Waals surface area contributed by atoms with Gasteiger partial charge in [0.25, 0.3) is 0 Å². The van der Waals surface area contributed by atoms with Crippen LogP contribution in [0.4, 0.5) is 18.0 Å². The summed E-state index contributed by atoms with van der Waals surface area (Å²) in [5, 5.41) is 3.65. The zero-order valence-corrected chi connectivity index (χ0v) is 16.8. The SMILES string of the molecule is CC(/C=C/S(C)(=O)=O)NC(=O)N1CC[C@H](C(F)(F)F)C[C@]1(C)c1ccccc1. The molecule has 1 fully saturated rings. The monoisotopic (exact) mass is 418 g/mol. The first-order valence-corrected chi connectivity index (χ1v) is 10.9. The van der Waals surface area contributed by atoms with Crippen molar-refractivity contribution in [1.82, 2.24) is 10.2 Å². The number of carbonyl (C=O) groups excluding carboxylic acids is 1. The fourth-order valence-corrected chi connectivity index (χ4v) is 4.00. The van der Waals surface area contributed by atoms with Crippen LogP contribution in [0.15, 0.2) is 41.8 Å². The molecule has 5 nitrogen and oxygen atoms in total. The summed E-state index contributed by atoms with van der Waals surface area (Å²) in [5.41, 5.74) is -0.511. The lowest BCUT2D eigenvalue weighted by Gasteiger charge is -2.48. The fraction of sp³-hybridized carbons (Fsp3) is 0.526. The lowest BCUT2D eigenvalue weighted by atomic mass is 9.76. The molecule has 0 aromatic heterocycles. The van der Waals surface area contributed by atoms with E-state index in [1.54, 1.807) is 44.2 Å². The van der Waals surface area contributed by atoms with Gasteiger partial charge in [0.2, 0.25) is 0 Å². The van der Waals surface area contributed by atoms with Gasteiger partial charge in [0.15, 0.2) is 9.84 Å². The Bertz CT molecular complexity index is 825. The number of rotatable bonds is 4. The molecule has 1 N–H and O–H groups in total. The molecule has 1 aromatic rings. The van der Waals surface area contributed by atoms with Gasteiger partial charge in [-0.2, -0.15) is 13.2 Å². The Morgan fingerprint density at radius 2 is 1.93 bits per heavy atom. The Kier molecular flexibility index (Phi) is 6.48. The summed E-state index contributed by atoms with van der Waals surface area (Å²) in [7, 11) is -3.34. The Hall–Kier alpha value is -2.03. The van der Waals surface area contributed by atoms with Crippen LogP contribution < -0.4 is 5.32 Å². The molecule has 9 heteroatoms. The van der Waals surface area contributed by atoms with E-state index in [9.17, 15) is 26.4 Å². The third kappa shape index (κ3) is 5.50. The van der Waals surface area contributed by atoms with E-state index < -0.39 is 39.5 Å². The molecule has 1 aromatic carbocycles. The minimum atomic E-state index is -4.33. The van der Waals surface area contributed by atoms with Gasteiger partial charge in [-0.3, -0.25) is 0 Å². The first kappa shape index (κ1) is 22.3. The lowest BCUT2D eigenvalue weighted by molar-refractivity contribution is -0.194. The van der Waals surface area contributed by atoms with E-state index in [2.05, 4.69) is 5.32 Å². The average molecular weight is 418 g/mol. The van der Waals surface area contributed by atoms with E-state index in [-0.39, 0.29) is 19.4 Å². The van der Waals surface area contributed by atoms with Gasteiger partial charge in [0.05, 0.1) is 11.5 Å². The Labute approximate surface area is 163 Å². The number of nitrogens with one attached hydrogen (secondary N) is 1. The van der Waals surface area contributed by atoms with E-state index in [0.717, 1.165) is 11.7 Å². The van der Waals surface area contributed by atoms with Gasteiger partial charge >= 0.3 is 12.2 Å². The van der Waals surface area contributed by atoms with Crippen LogP contribution in [0.5, 0.6) is 0 Å². The van der Waals surface area contributed by atoms with Crippen molar-refractivity contribution in [2.24, 2.45) is 5.92 Å². The lowest BCUT2D eigenvalue weighted by Crippen LogP contribution is -2.58. The van der Waals surface area contributed by atoms with E-state index in [0.29, 0.717) is 5.56 Å². The molecule has 0 spiro atoms. The number of likely N-dealkylation sites (tertiary alicyclic amines) is 1. The molecule has 1 aliphatic rings. The molecule has 2 rings (SSSR count). The Morgan fingerprint density at radius 1 is 1.32 bits per heavy atom. The van der Waals surface area contributed by atoms with Crippen molar-refractivity contribution in [1.29, 1.82) is 0 Å². The fourth-order valence-electron chi connectivity index (χ4n) is 3.48. The van der Waals surface area contributed by atoms with Crippen molar-refractivity contribution in [2.45, 2.75) is 44.4 Å². The second-order valence-electron chi connectivity index (χ2n) is 7.42. The first-order valence-electron chi connectivity index (χ1n) is 8.91. The third-order valence-electron chi connectivity index (χ3n) is 5.01. The molecule has 0 bridgehead atoms. The molecule has 1 unspecified atom stereocenters. The average Bonchev–Trinajstić information content (AvgIpc) is 2.59. The van der Waals surface area contributed by atoms with Crippen molar-refractivity contribution >= 4 is 15.9 Å². The number of piperidine rings is 1. The number of urea groups is 1. The van der Waals surface area contributed by atoms with Crippen LogP contribution in [-0.4, -0.2) is 44.4 Å². The number of halogens is 3. The number of nitrogens with zero attached hydrogens (tertiary/aromatic N) is 1. The predicted octanol–water partition coefficient (Wildman–Crippen LogP) is 3.83. The molecular formula is C19H25F3N2O3S. The molecule has 0 aliphatic carbocycles. The third-order valence-corrected chi connectivity index (χ3v) is 5.66. The highest BCUT2D eigenvalue weighted by atomic mass is 32.2. The summed E-state index contributed by atoms with van der Waals surface area (Å²) in [5.74, 6) is -1.50. The molecule has 1 saturated heterocycles. The smallest absolute Gasteiger partial charge is 0.332 e. The minimum Gasteiger partial charge on any atom is -0.332 e. The standard InChI is InChI=1S/C19H25F3N2O3S/c1-14(10-12-28(3,26)27)23-17(25)24-11-9-16(19(20,21)22)13-18(24,2)15-7-5-4-6-8-15/h4-8,10,12,14,16H,9,11,13H2,1-3H3,(H,23,25)/b12-10+/t14?,16-,18+/m0/s1. The molecule has 1 heterocycles. The molecule has 0 radical (unpaired) electrons.